The molecule has 11 nitrogen and oxygen atoms in total. The van der Waals surface area contributed by atoms with Crippen LogP contribution >= 0.6 is 0 Å². The van der Waals surface area contributed by atoms with Crippen LogP contribution in [0.2, 0.25) is 0 Å². The maximum Gasteiger partial charge on any atom is 0.220 e. The lowest BCUT2D eigenvalue weighted by atomic mass is 10.1. The first-order valence-electron chi connectivity index (χ1n) is 9.99. The molecule has 0 unspecified atom stereocenters. The Balaban J connectivity index is 1.56. The molecule has 0 spiro atoms. The van der Waals surface area contributed by atoms with Gasteiger partial charge in [0.05, 0.1) is 10.8 Å². The summed E-state index contributed by atoms with van der Waals surface area (Å²) in [4.78, 5) is 0. The van der Waals surface area contributed by atoms with Gasteiger partial charge in [-0.05, 0) is 0 Å². The lowest BCUT2D eigenvalue weighted by molar-refractivity contribution is 0.303. The van der Waals surface area contributed by atoms with Crippen molar-refractivity contribution in [3.8, 4) is 74.7 Å². The van der Waals surface area contributed by atoms with Crippen LogP contribution in [0.25, 0.3) is 21.9 Å². The second-order valence-corrected chi connectivity index (χ2v) is 7.76. The molecule has 1 aliphatic heterocycles. The molecule has 0 bridgehead atoms. The van der Waals surface area contributed by atoms with Crippen LogP contribution in [0.3, 0.4) is 0 Å². The summed E-state index contributed by atoms with van der Waals surface area (Å²) in [5.74, 6) is -4.16. The molecule has 6 rings (SSSR count). The summed E-state index contributed by atoms with van der Waals surface area (Å²) in [6, 6.07) is 7.88. The van der Waals surface area contributed by atoms with E-state index in [4.69, 9.17) is 18.6 Å². The van der Waals surface area contributed by atoms with Crippen molar-refractivity contribution in [2.45, 2.75) is 0 Å². The monoisotopic (exact) mass is 478 g/mol. The number of hydrogen-bond donors (Lipinski definition) is 7. The van der Waals surface area contributed by atoms with Gasteiger partial charge in [-0.25, -0.2) is 0 Å². The number of furan rings is 1. The van der Waals surface area contributed by atoms with Gasteiger partial charge in [-0.15, -0.1) is 0 Å². The number of hydrogen-bond acceptors (Lipinski definition) is 11. The highest BCUT2D eigenvalue weighted by Crippen LogP contribution is 2.62. The molecular weight excluding hydrogens is 464 g/mol. The molecular formula is C24H14O11. The summed E-state index contributed by atoms with van der Waals surface area (Å²) < 4.78 is 22.9. The van der Waals surface area contributed by atoms with Gasteiger partial charge in [0.1, 0.15) is 39.9 Å². The molecule has 35 heavy (non-hydrogen) atoms. The van der Waals surface area contributed by atoms with Crippen molar-refractivity contribution in [2.24, 2.45) is 0 Å². The molecule has 5 aromatic rings. The van der Waals surface area contributed by atoms with Crippen molar-refractivity contribution in [2.75, 3.05) is 0 Å². The van der Waals surface area contributed by atoms with Crippen molar-refractivity contribution in [3.63, 3.8) is 0 Å². The van der Waals surface area contributed by atoms with Gasteiger partial charge >= 0.3 is 0 Å². The van der Waals surface area contributed by atoms with E-state index in [1.165, 1.54) is 12.1 Å². The second-order valence-electron chi connectivity index (χ2n) is 7.76. The minimum atomic E-state index is -0.571. The third-order valence-corrected chi connectivity index (χ3v) is 5.37. The zero-order chi connectivity index (χ0) is 24.6. The van der Waals surface area contributed by atoms with E-state index in [1.807, 2.05) is 0 Å². The second kappa shape index (κ2) is 6.84. The lowest BCUT2D eigenvalue weighted by Gasteiger charge is -2.24. The first kappa shape index (κ1) is 20.3. The van der Waals surface area contributed by atoms with Gasteiger partial charge < -0.3 is 54.4 Å². The number of aromatic hydroxyl groups is 7. The SMILES string of the molecule is Oc1cc(O)cc(Oc2c(O)cc(O)c3c2Oc2c(O)cc4oc5cc(O)cc(O)c5c4c2O3)c1. The number of benzene rings is 4. The van der Waals surface area contributed by atoms with Crippen molar-refractivity contribution >= 4 is 21.9 Å². The highest BCUT2D eigenvalue weighted by molar-refractivity contribution is 6.13. The molecule has 1 aromatic heterocycles. The standard InChI is InChI=1S/C24H14O11/c25-8-1-9(26)3-11(2-8)32-21-13(29)6-14(30)22-24(21)35-20-15(31)7-17-19(23(20)34-22)18-12(28)4-10(27)5-16(18)33-17/h1-7,25-31H. The van der Waals surface area contributed by atoms with Crippen LogP contribution in [-0.4, -0.2) is 35.7 Å². The summed E-state index contributed by atoms with van der Waals surface area (Å²) in [5, 5.41) is 71.5. The Labute approximate surface area is 194 Å². The van der Waals surface area contributed by atoms with E-state index in [2.05, 4.69) is 0 Å². The van der Waals surface area contributed by atoms with E-state index in [9.17, 15) is 35.7 Å². The fourth-order valence-corrected chi connectivity index (χ4v) is 3.99. The molecule has 0 amide bonds. The quantitative estimate of drug-likeness (QED) is 0.173. The smallest absolute Gasteiger partial charge is 0.220 e. The maximum atomic E-state index is 10.6. The Kier molecular flexibility index (Phi) is 3.97. The largest absolute Gasteiger partial charge is 0.508 e. The Morgan fingerprint density at radius 3 is 1.83 bits per heavy atom. The Bertz CT molecular complexity index is 1680. The third-order valence-electron chi connectivity index (χ3n) is 5.37. The van der Waals surface area contributed by atoms with Crippen LogP contribution in [0.4, 0.5) is 0 Å². The van der Waals surface area contributed by atoms with Crippen LogP contribution in [0, 0.1) is 0 Å². The molecule has 4 aromatic carbocycles. The van der Waals surface area contributed by atoms with E-state index < -0.39 is 17.2 Å². The number of rotatable bonds is 2. The first-order valence-corrected chi connectivity index (χ1v) is 9.99. The fourth-order valence-electron chi connectivity index (χ4n) is 3.99. The van der Waals surface area contributed by atoms with Gasteiger partial charge in [0.2, 0.25) is 23.0 Å². The molecule has 11 heteroatoms. The highest BCUT2D eigenvalue weighted by Gasteiger charge is 2.34. The first-order chi connectivity index (χ1) is 16.7. The molecule has 0 saturated carbocycles. The molecule has 0 saturated heterocycles. The fraction of sp³-hybridized carbons (Fsp3) is 0. The van der Waals surface area contributed by atoms with E-state index >= 15 is 0 Å². The van der Waals surface area contributed by atoms with Crippen molar-refractivity contribution in [3.05, 3.63) is 42.5 Å². The number of fused-ring (bicyclic) bond motifs is 6. The summed E-state index contributed by atoms with van der Waals surface area (Å²) in [5.41, 5.74) is 0.191. The Morgan fingerprint density at radius 2 is 1.09 bits per heavy atom. The minimum absolute atomic E-state index is 0.0784. The maximum absolute atomic E-state index is 10.6. The normalized spacial score (nSPS) is 12.1. The van der Waals surface area contributed by atoms with Crippen molar-refractivity contribution < 1.29 is 54.4 Å². The van der Waals surface area contributed by atoms with Gasteiger partial charge in [-0.2, -0.15) is 0 Å². The minimum Gasteiger partial charge on any atom is -0.508 e. The molecule has 0 radical (unpaired) electrons. The van der Waals surface area contributed by atoms with Crippen molar-refractivity contribution in [1.29, 1.82) is 0 Å². The van der Waals surface area contributed by atoms with E-state index in [-0.39, 0.29) is 79.4 Å². The molecule has 1 aliphatic rings. The zero-order valence-corrected chi connectivity index (χ0v) is 17.3. The molecule has 0 fully saturated rings. The number of ether oxygens (including phenoxy) is 3. The Hall–Kier alpha value is -5.32. The predicted molar refractivity (Wildman–Crippen MR) is 118 cm³/mol. The number of phenolic OH excluding ortho intramolecular Hbond substituents is 7. The summed E-state index contributed by atoms with van der Waals surface area (Å²) in [6.07, 6.45) is 0. The topological polar surface area (TPSA) is 182 Å². The van der Waals surface area contributed by atoms with Gasteiger partial charge in [-0.3, -0.25) is 0 Å². The average molecular weight is 478 g/mol. The predicted octanol–water partition coefficient (Wildman–Crippen LogP) is 5.22. The average Bonchev–Trinajstić information content (AvgIpc) is 3.13. The van der Waals surface area contributed by atoms with Crippen LogP contribution in [0.15, 0.2) is 46.9 Å². The van der Waals surface area contributed by atoms with Crippen LogP contribution in [0.1, 0.15) is 0 Å². The zero-order valence-electron chi connectivity index (χ0n) is 17.3. The van der Waals surface area contributed by atoms with Gasteiger partial charge in [-0.1, -0.05) is 0 Å². The molecule has 0 aliphatic carbocycles. The molecule has 2 heterocycles. The van der Waals surface area contributed by atoms with Crippen LogP contribution in [-0.2, 0) is 0 Å². The third kappa shape index (κ3) is 2.99. The molecule has 7 N–H and O–H groups in total. The number of phenols is 7. The molecule has 176 valence electrons. The van der Waals surface area contributed by atoms with Gasteiger partial charge in [0.15, 0.2) is 23.0 Å². The van der Waals surface area contributed by atoms with Crippen LogP contribution in [0.5, 0.6) is 74.7 Å². The summed E-state index contributed by atoms with van der Waals surface area (Å²) in [6.45, 7) is 0. The van der Waals surface area contributed by atoms with Crippen molar-refractivity contribution in [1.82, 2.24) is 0 Å². The summed E-state index contributed by atoms with van der Waals surface area (Å²) in [7, 11) is 0. The van der Waals surface area contributed by atoms with Crippen LogP contribution < -0.4 is 14.2 Å². The van der Waals surface area contributed by atoms with E-state index in [0.717, 1.165) is 30.3 Å². The highest BCUT2D eigenvalue weighted by atomic mass is 16.6. The van der Waals surface area contributed by atoms with E-state index in [1.54, 1.807) is 0 Å². The van der Waals surface area contributed by atoms with Gasteiger partial charge in [0.25, 0.3) is 0 Å². The molecule has 0 atom stereocenters. The Morgan fingerprint density at radius 1 is 0.486 bits per heavy atom. The lowest BCUT2D eigenvalue weighted by Crippen LogP contribution is -2.02. The van der Waals surface area contributed by atoms with Gasteiger partial charge in [0, 0.05) is 42.5 Å². The van der Waals surface area contributed by atoms with E-state index in [0.29, 0.717) is 0 Å². The summed E-state index contributed by atoms with van der Waals surface area (Å²) >= 11 is 0.